The topological polar surface area (TPSA) is 12.5 Å². The van der Waals surface area contributed by atoms with Crippen LogP contribution < -0.4 is 4.74 Å². The van der Waals surface area contributed by atoms with Gasteiger partial charge in [-0.3, -0.25) is 0 Å². The van der Waals surface area contributed by atoms with E-state index in [0.717, 1.165) is 17.6 Å². The molecule has 0 aromatic heterocycles. The molecular weight excluding hydrogens is 306 g/mol. The Kier molecular flexibility index (Phi) is 5.07. The second kappa shape index (κ2) is 7.61. The molecule has 0 spiro atoms. The number of benzene rings is 2. The summed E-state index contributed by atoms with van der Waals surface area (Å²) >= 11 is 0. The van der Waals surface area contributed by atoms with Crippen molar-refractivity contribution >= 4 is 0 Å². The first-order chi connectivity index (χ1) is 12.3. The van der Waals surface area contributed by atoms with Gasteiger partial charge in [-0.1, -0.05) is 55.8 Å². The van der Waals surface area contributed by atoms with Crippen molar-refractivity contribution in [2.45, 2.75) is 38.7 Å². The minimum Gasteiger partial charge on any atom is -0.489 e. The molecule has 1 saturated carbocycles. The molecule has 3 atom stereocenters. The molecular formula is C23H29NO. The fourth-order valence-corrected chi connectivity index (χ4v) is 4.61. The number of likely N-dealkylation sites (tertiary alicyclic amines) is 1. The summed E-state index contributed by atoms with van der Waals surface area (Å²) in [5, 5.41) is 0. The SMILES string of the molecule is CC(CN1C[C@H]2CCC[C@H]2C1)c1ccc(OCc2ccccc2)cc1. The van der Waals surface area contributed by atoms with Gasteiger partial charge in [-0.15, -0.1) is 0 Å². The van der Waals surface area contributed by atoms with E-state index >= 15 is 0 Å². The van der Waals surface area contributed by atoms with Crippen LogP contribution in [0, 0.1) is 11.8 Å². The third-order valence-corrected chi connectivity index (χ3v) is 6.03. The summed E-state index contributed by atoms with van der Waals surface area (Å²) < 4.78 is 5.90. The Balaban J connectivity index is 1.29. The van der Waals surface area contributed by atoms with Crippen molar-refractivity contribution in [3.63, 3.8) is 0 Å². The molecule has 1 saturated heterocycles. The summed E-state index contributed by atoms with van der Waals surface area (Å²) in [5.41, 5.74) is 2.63. The fourth-order valence-electron chi connectivity index (χ4n) is 4.61. The predicted octanol–water partition coefficient (Wildman–Crippen LogP) is 5.10. The molecule has 2 aromatic rings. The average Bonchev–Trinajstić information content (AvgIpc) is 3.23. The van der Waals surface area contributed by atoms with Crippen molar-refractivity contribution in [1.29, 1.82) is 0 Å². The zero-order valence-corrected chi connectivity index (χ0v) is 15.2. The smallest absolute Gasteiger partial charge is 0.119 e. The highest BCUT2D eigenvalue weighted by Gasteiger charge is 2.36. The number of fused-ring (bicyclic) bond motifs is 1. The normalized spacial score (nSPS) is 24.2. The molecule has 2 aromatic carbocycles. The summed E-state index contributed by atoms with van der Waals surface area (Å²) in [4.78, 5) is 2.69. The van der Waals surface area contributed by atoms with Gasteiger partial charge in [-0.2, -0.15) is 0 Å². The van der Waals surface area contributed by atoms with E-state index in [1.807, 2.05) is 6.07 Å². The Morgan fingerprint density at radius 1 is 0.960 bits per heavy atom. The van der Waals surface area contributed by atoms with Crippen LogP contribution in [0.5, 0.6) is 5.75 Å². The molecule has 0 amide bonds. The molecule has 1 aliphatic carbocycles. The highest BCUT2D eigenvalue weighted by atomic mass is 16.5. The fraction of sp³-hybridized carbons (Fsp3) is 0.478. The van der Waals surface area contributed by atoms with Gasteiger partial charge in [-0.05, 0) is 53.9 Å². The summed E-state index contributed by atoms with van der Waals surface area (Å²) in [6.45, 7) is 6.83. The quantitative estimate of drug-likeness (QED) is 0.728. The summed E-state index contributed by atoms with van der Waals surface area (Å²) in [5.74, 6) is 3.51. The minimum atomic E-state index is 0.585. The summed E-state index contributed by atoms with van der Waals surface area (Å²) in [6.07, 6.45) is 4.38. The first kappa shape index (κ1) is 16.7. The Bertz CT molecular complexity index is 654. The maximum absolute atomic E-state index is 5.90. The van der Waals surface area contributed by atoms with Gasteiger partial charge in [0.25, 0.3) is 0 Å². The largest absolute Gasteiger partial charge is 0.489 e. The van der Waals surface area contributed by atoms with E-state index in [0.29, 0.717) is 12.5 Å². The molecule has 132 valence electrons. The minimum absolute atomic E-state index is 0.585. The van der Waals surface area contributed by atoms with E-state index in [4.69, 9.17) is 4.74 Å². The number of nitrogens with zero attached hydrogens (tertiary/aromatic N) is 1. The Morgan fingerprint density at radius 3 is 2.32 bits per heavy atom. The van der Waals surface area contributed by atoms with E-state index in [1.54, 1.807) is 0 Å². The lowest BCUT2D eigenvalue weighted by Crippen LogP contribution is -2.26. The molecule has 25 heavy (non-hydrogen) atoms. The molecule has 2 nitrogen and oxygen atoms in total. The van der Waals surface area contributed by atoms with Crippen LogP contribution in [0.2, 0.25) is 0 Å². The van der Waals surface area contributed by atoms with Crippen LogP contribution >= 0.6 is 0 Å². The number of rotatable bonds is 6. The van der Waals surface area contributed by atoms with Crippen molar-refractivity contribution in [3.05, 3.63) is 65.7 Å². The van der Waals surface area contributed by atoms with Crippen molar-refractivity contribution in [2.24, 2.45) is 11.8 Å². The predicted molar refractivity (Wildman–Crippen MR) is 103 cm³/mol. The number of hydrogen-bond donors (Lipinski definition) is 0. The van der Waals surface area contributed by atoms with Gasteiger partial charge >= 0.3 is 0 Å². The molecule has 4 rings (SSSR count). The van der Waals surface area contributed by atoms with Gasteiger partial charge in [0.1, 0.15) is 12.4 Å². The third kappa shape index (κ3) is 4.07. The maximum Gasteiger partial charge on any atom is 0.119 e. The molecule has 2 aliphatic rings. The van der Waals surface area contributed by atoms with Gasteiger partial charge in [0, 0.05) is 19.6 Å². The van der Waals surface area contributed by atoms with Crippen molar-refractivity contribution < 1.29 is 4.74 Å². The van der Waals surface area contributed by atoms with Crippen molar-refractivity contribution in [3.8, 4) is 5.75 Å². The van der Waals surface area contributed by atoms with Crippen molar-refractivity contribution in [1.82, 2.24) is 4.90 Å². The van der Waals surface area contributed by atoms with E-state index < -0.39 is 0 Å². The van der Waals surface area contributed by atoms with Crippen LogP contribution in [0.4, 0.5) is 0 Å². The number of hydrogen-bond acceptors (Lipinski definition) is 2. The van der Waals surface area contributed by atoms with Crippen LogP contribution in [0.3, 0.4) is 0 Å². The second-order valence-corrected chi connectivity index (χ2v) is 7.91. The molecule has 2 heteroatoms. The lowest BCUT2D eigenvalue weighted by molar-refractivity contribution is 0.295. The highest BCUT2D eigenvalue weighted by molar-refractivity contribution is 5.30. The van der Waals surface area contributed by atoms with Gasteiger partial charge in [0.15, 0.2) is 0 Å². The van der Waals surface area contributed by atoms with E-state index in [-0.39, 0.29) is 0 Å². The van der Waals surface area contributed by atoms with Crippen LogP contribution in [0.25, 0.3) is 0 Å². The van der Waals surface area contributed by atoms with Crippen LogP contribution in [-0.4, -0.2) is 24.5 Å². The average molecular weight is 335 g/mol. The van der Waals surface area contributed by atoms with Gasteiger partial charge in [0.2, 0.25) is 0 Å². The zero-order chi connectivity index (χ0) is 17.1. The Morgan fingerprint density at radius 2 is 1.64 bits per heavy atom. The monoisotopic (exact) mass is 335 g/mol. The molecule has 1 unspecified atom stereocenters. The third-order valence-electron chi connectivity index (χ3n) is 6.03. The second-order valence-electron chi connectivity index (χ2n) is 7.91. The van der Waals surface area contributed by atoms with Gasteiger partial charge in [-0.25, -0.2) is 0 Å². The Labute approximate surface area is 151 Å². The molecule has 0 radical (unpaired) electrons. The lowest BCUT2D eigenvalue weighted by Gasteiger charge is -2.22. The number of ether oxygens (including phenoxy) is 1. The molecule has 0 N–H and O–H groups in total. The molecule has 0 bridgehead atoms. The first-order valence-electron chi connectivity index (χ1n) is 9.77. The maximum atomic E-state index is 5.90. The lowest BCUT2D eigenvalue weighted by atomic mass is 10.0. The molecule has 1 heterocycles. The Hall–Kier alpha value is -1.80. The van der Waals surface area contributed by atoms with Crippen LogP contribution in [-0.2, 0) is 6.61 Å². The van der Waals surface area contributed by atoms with Gasteiger partial charge in [0.05, 0.1) is 0 Å². The standard InChI is InChI=1S/C23H29NO/c1-18(14-24-15-21-8-5-9-22(21)16-24)20-10-12-23(13-11-20)25-17-19-6-3-2-4-7-19/h2-4,6-7,10-13,18,21-22H,5,8-9,14-17H2,1H3/t18?,21-,22+. The van der Waals surface area contributed by atoms with Crippen molar-refractivity contribution in [2.75, 3.05) is 19.6 Å². The molecule has 1 aliphatic heterocycles. The van der Waals surface area contributed by atoms with E-state index in [2.05, 4.69) is 60.4 Å². The van der Waals surface area contributed by atoms with Gasteiger partial charge < -0.3 is 9.64 Å². The van der Waals surface area contributed by atoms with Crippen LogP contribution in [0.15, 0.2) is 54.6 Å². The van der Waals surface area contributed by atoms with E-state index in [1.165, 1.54) is 50.0 Å². The molecule has 2 fully saturated rings. The van der Waals surface area contributed by atoms with Crippen LogP contribution in [0.1, 0.15) is 43.2 Å². The highest BCUT2D eigenvalue weighted by Crippen LogP contribution is 2.38. The van der Waals surface area contributed by atoms with E-state index in [9.17, 15) is 0 Å². The zero-order valence-electron chi connectivity index (χ0n) is 15.2. The summed E-state index contributed by atoms with van der Waals surface area (Å²) in [7, 11) is 0. The summed E-state index contributed by atoms with van der Waals surface area (Å²) in [6, 6.07) is 19.0. The first-order valence-corrected chi connectivity index (χ1v) is 9.77.